The van der Waals surface area contributed by atoms with Crippen molar-refractivity contribution >= 4 is 29.9 Å². The van der Waals surface area contributed by atoms with Crippen LogP contribution >= 0.6 is 24.0 Å². The molecule has 0 saturated carbocycles. The van der Waals surface area contributed by atoms with Gasteiger partial charge < -0.3 is 15.4 Å². The Hall–Kier alpha value is -0.820. The average molecular weight is 419 g/mol. The number of rotatable bonds is 10. The molecule has 0 unspecified atom stereocenters. The van der Waals surface area contributed by atoms with E-state index in [1.807, 2.05) is 0 Å². The summed E-state index contributed by atoms with van der Waals surface area (Å²) >= 11 is 0. The lowest BCUT2D eigenvalue weighted by molar-refractivity contribution is 0.203. The molecule has 0 aliphatic rings. The van der Waals surface area contributed by atoms with E-state index in [-0.39, 0.29) is 24.0 Å². The number of aryl methyl sites for hydroxylation is 1. The molecule has 126 valence electrons. The molecule has 0 aliphatic carbocycles. The monoisotopic (exact) mass is 419 g/mol. The molecule has 1 aromatic rings. The Kier molecular flexibility index (Phi) is 14.5. The summed E-state index contributed by atoms with van der Waals surface area (Å²) in [6, 6.07) is 10.7. The molecule has 2 N–H and O–H groups in total. The van der Waals surface area contributed by atoms with Crippen molar-refractivity contribution in [2.75, 3.05) is 33.4 Å². The fraction of sp³-hybridized carbons (Fsp3) is 0.588. The molecule has 0 bridgehead atoms. The van der Waals surface area contributed by atoms with Gasteiger partial charge in [0.15, 0.2) is 5.96 Å². The van der Waals surface area contributed by atoms with Gasteiger partial charge in [0.1, 0.15) is 0 Å². The summed E-state index contributed by atoms with van der Waals surface area (Å²) in [5, 5.41) is 6.49. The lowest BCUT2D eigenvalue weighted by Gasteiger charge is -2.10. The molecule has 4 nitrogen and oxygen atoms in total. The molecule has 0 heterocycles. The average Bonchev–Trinajstić information content (AvgIpc) is 2.52. The standard InChI is InChI=1S/C17H29N3O.HI/c1-3-18-17(20-14-15-21-2)19-13-9-5-8-12-16-10-6-4-7-11-16;/h4,6-7,10-11H,3,5,8-9,12-15H2,1-2H3,(H2,18,19,20);1H. The normalized spacial score (nSPS) is 10.9. The number of ether oxygens (including phenoxy) is 1. The van der Waals surface area contributed by atoms with Gasteiger partial charge >= 0.3 is 0 Å². The smallest absolute Gasteiger partial charge is 0.191 e. The zero-order chi connectivity index (χ0) is 15.2. The predicted octanol–water partition coefficient (Wildman–Crippen LogP) is 3.22. The van der Waals surface area contributed by atoms with E-state index in [9.17, 15) is 0 Å². The number of unbranched alkanes of at least 4 members (excludes halogenated alkanes) is 2. The summed E-state index contributed by atoms with van der Waals surface area (Å²) in [7, 11) is 1.71. The molecule has 0 aliphatic heterocycles. The van der Waals surface area contributed by atoms with Gasteiger partial charge in [0, 0.05) is 26.7 Å². The van der Waals surface area contributed by atoms with E-state index in [1.165, 1.54) is 18.4 Å². The Morgan fingerprint density at radius 3 is 2.55 bits per heavy atom. The van der Waals surface area contributed by atoms with Crippen molar-refractivity contribution in [3.63, 3.8) is 0 Å². The number of halogens is 1. The van der Waals surface area contributed by atoms with Crippen molar-refractivity contribution in [1.29, 1.82) is 0 Å². The van der Waals surface area contributed by atoms with Gasteiger partial charge in [0.2, 0.25) is 0 Å². The molecule has 0 saturated heterocycles. The Bertz CT molecular complexity index is 385. The highest BCUT2D eigenvalue weighted by atomic mass is 127. The van der Waals surface area contributed by atoms with Gasteiger partial charge in [0.05, 0.1) is 6.61 Å². The van der Waals surface area contributed by atoms with Crippen LogP contribution < -0.4 is 10.6 Å². The van der Waals surface area contributed by atoms with Crippen LogP contribution in [0.4, 0.5) is 0 Å². The second-order valence-electron chi connectivity index (χ2n) is 4.98. The minimum atomic E-state index is 0. The molecule has 0 radical (unpaired) electrons. The molecule has 1 rings (SSSR count). The zero-order valence-corrected chi connectivity index (χ0v) is 16.1. The van der Waals surface area contributed by atoms with Gasteiger partial charge in [-0.15, -0.1) is 24.0 Å². The van der Waals surface area contributed by atoms with Crippen molar-refractivity contribution in [1.82, 2.24) is 10.6 Å². The highest BCUT2D eigenvalue weighted by Crippen LogP contribution is 2.06. The quantitative estimate of drug-likeness (QED) is 0.265. The third kappa shape index (κ3) is 10.8. The Morgan fingerprint density at radius 2 is 1.86 bits per heavy atom. The van der Waals surface area contributed by atoms with Crippen LogP contribution in [-0.4, -0.2) is 39.3 Å². The van der Waals surface area contributed by atoms with Gasteiger partial charge in [-0.25, -0.2) is 0 Å². The van der Waals surface area contributed by atoms with E-state index < -0.39 is 0 Å². The maximum atomic E-state index is 5.02. The van der Waals surface area contributed by atoms with Crippen LogP contribution in [0.25, 0.3) is 0 Å². The minimum absolute atomic E-state index is 0. The van der Waals surface area contributed by atoms with Crippen LogP contribution in [0.5, 0.6) is 0 Å². The Balaban J connectivity index is 0.00000441. The van der Waals surface area contributed by atoms with Crippen LogP contribution in [0, 0.1) is 0 Å². The predicted molar refractivity (Wildman–Crippen MR) is 105 cm³/mol. The number of methoxy groups -OCH3 is 1. The van der Waals surface area contributed by atoms with E-state index in [2.05, 4.69) is 52.9 Å². The SMILES string of the molecule is CCNC(=NCCCCCc1ccccc1)NCCOC.I. The van der Waals surface area contributed by atoms with Crippen LogP contribution in [-0.2, 0) is 11.2 Å². The number of nitrogens with one attached hydrogen (secondary N) is 2. The topological polar surface area (TPSA) is 45.7 Å². The van der Waals surface area contributed by atoms with Crippen molar-refractivity contribution in [3.05, 3.63) is 35.9 Å². The molecular weight excluding hydrogens is 389 g/mol. The molecule has 0 fully saturated rings. The van der Waals surface area contributed by atoms with Gasteiger partial charge in [-0.05, 0) is 31.7 Å². The van der Waals surface area contributed by atoms with Crippen molar-refractivity contribution in [2.24, 2.45) is 4.99 Å². The molecular formula is C17H30IN3O. The first-order valence-electron chi connectivity index (χ1n) is 7.92. The van der Waals surface area contributed by atoms with Gasteiger partial charge in [0.25, 0.3) is 0 Å². The fourth-order valence-electron chi connectivity index (χ4n) is 2.07. The van der Waals surface area contributed by atoms with Gasteiger partial charge in [-0.2, -0.15) is 0 Å². The molecule has 0 aromatic heterocycles. The Labute approximate surface area is 152 Å². The maximum absolute atomic E-state index is 5.02. The highest BCUT2D eigenvalue weighted by Gasteiger charge is 1.96. The number of aliphatic imine (C=N–C) groups is 1. The molecule has 1 aromatic carbocycles. The maximum Gasteiger partial charge on any atom is 0.191 e. The molecule has 0 amide bonds. The van der Waals surface area contributed by atoms with Crippen LogP contribution in [0.3, 0.4) is 0 Å². The number of hydrogen-bond donors (Lipinski definition) is 2. The van der Waals surface area contributed by atoms with E-state index in [1.54, 1.807) is 7.11 Å². The van der Waals surface area contributed by atoms with E-state index in [4.69, 9.17) is 4.74 Å². The molecule has 0 spiro atoms. The van der Waals surface area contributed by atoms with E-state index >= 15 is 0 Å². The third-order valence-corrected chi connectivity index (χ3v) is 3.18. The van der Waals surface area contributed by atoms with E-state index in [0.29, 0.717) is 6.61 Å². The summed E-state index contributed by atoms with van der Waals surface area (Å²) in [5.74, 6) is 0.887. The van der Waals surface area contributed by atoms with Crippen LogP contribution in [0.1, 0.15) is 31.7 Å². The molecule has 0 atom stereocenters. The van der Waals surface area contributed by atoms with Gasteiger partial charge in [-0.3, -0.25) is 4.99 Å². The fourth-order valence-corrected chi connectivity index (χ4v) is 2.07. The third-order valence-electron chi connectivity index (χ3n) is 3.18. The first kappa shape index (κ1) is 21.2. The molecule has 22 heavy (non-hydrogen) atoms. The number of nitrogens with zero attached hydrogens (tertiary/aromatic N) is 1. The largest absolute Gasteiger partial charge is 0.383 e. The summed E-state index contributed by atoms with van der Waals surface area (Å²) in [5.41, 5.74) is 1.43. The second-order valence-corrected chi connectivity index (χ2v) is 4.98. The first-order chi connectivity index (χ1) is 10.4. The number of benzene rings is 1. The number of hydrogen-bond acceptors (Lipinski definition) is 2. The summed E-state index contributed by atoms with van der Waals surface area (Å²) < 4.78 is 5.02. The Morgan fingerprint density at radius 1 is 1.09 bits per heavy atom. The van der Waals surface area contributed by atoms with Crippen LogP contribution in [0.15, 0.2) is 35.3 Å². The highest BCUT2D eigenvalue weighted by molar-refractivity contribution is 14.0. The van der Waals surface area contributed by atoms with Gasteiger partial charge in [-0.1, -0.05) is 36.8 Å². The summed E-state index contributed by atoms with van der Waals surface area (Å²) in [6.07, 6.45) is 4.74. The number of guanidine groups is 1. The second kappa shape index (κ2) is 15.1. The van der Waals surface area contributed by atoms with Crippen molar-refractivity contribution in [3.8, 4) is 0 Å². The van der Waals surface area contributed by atoms with Crippen molar-refractivity contribution in [2.45, 2.75) is 32.6 Å². The minimum Gasteiger partial charge on any atom is -0.383 e. The summed E-state index contributed by atoms with van der Waals surface area (Å²) in [6.45, 7) is 5.31. The van der Waals surface area contributed by atoms with Crippen LogP contribution in [0.2, 0.25) is 0 Å². The zero-order valence-electron chi connectivity index (χ0n) is 13.8. The lowest BCUT2D eigenvalue weighted by atomic mass is 10.1. The lowest BCUT2D eigenvalue weighted by Crippen LogP contribution is -2.39. The van der Waals surface area contributed by atoms with Crippen molar-refractivity contribution < 1.29 is 4.74 Å². The summed E-state index contributed by atoms with van der Waals surface area (Å²) in [4.78, 5) is 4.57. The first-order valence-corrected chi connectivity index (χ1v) is 7.92. The molecule has 5 heteroatoms. The van der Waals surface area contributed by atoms with E-state index in [0.717, 1.165) is 38.4 Å².